The first-order valence-corrected chi connectivity index (χ1v) is 14.4. The van der Waals surface area contributed by atoms with Gasteiger partial charge in [0, 0.05) is 46.8 Å². The van der Waals surface area contributed by atoms with Crippen LogP contribution in [0.2, 0.25) is 0 Å². The van der Waals surface area contributed by atoms with Crippen molar-refractivity contribution in [3.8, 4) is 22.6 Å². The smallest absolute Gasteiger partial charge is 0.297 e. The van der Waals surface area contributed by atoms with Crippen LogP contribution in [0.4, 0.5) is 16.1 Å². The zero-order valence-corrected chi connectivity index (χ0v) is 23.0. The molecule has 43 heavy (non-hydrogen) atoms. The maximum absolute atomic E-state index is 14.8. The first-order chi connectivity index (χ1) is 21.1. The third kappa shape index (κ3) is 4.94. The van der Waals surface area contributed by atoms with E-state index < -0.39 is 17.9 Å². The van der Waals surface area contributed by atoms with Gasteiger partial charge >= 0.3 is 0 Å². The van der Waals surface area contributed by atoms with Gasteiger partial charge in [-0.25, -0.2) is 24.3 Å². The molecule has 3 aromatic heterocycles. The fourth-order valence-corrected chi connectivity index (χ4v) is 5.36. The van der Waals surface area contributed by atoms with Crippen molar-refractivity contribution in [3.63, 3.8) is 0 Å². The highest BCUT2D eigenvalue weighted by Gasteiger charge is 2.30. The maximum Gasteiger partial charge on any atom is 0.297 e. The summed E-state index contributed by atoms with van der Waals surface area (Å²) in [4.78, 5) is 36.4. The number of carbonyl (C=O) groups is 1. The van der Waals surface area contributed by atoms with Crippen molar-refractivity contribution in [3.05, 3.63) is 108 Å². The lowest BCUT2D eigenvalue weighted by molar-refractivity contribution is -0.116. The van der Waals surface area contributed by atoms with Gasteiger partial charge in [0.2, 0.25) is 6.17 Å². The number of amides is 1. The summed E-state index contributed by atoms with van der Waals surface area (Å²) in [6.07, 6.45) is 10.6. The van der Waals surface area contributed by atoms with E-state index in [1.165, 1.54) is 11.6 Å². The predicted molar refractivity (Wildman–Crippen MR) is 159 cm³/mol. The van der Waals surface area contributed by atoms with Crippen LogP contribution < -0.4 is 10.6 Å². The normalized spacial score (nSPS) is 17.9. The minimum Gasteiger partial charge on any atom is -0.422 e. The summed E-state index contributed by atoms with van der Waals surface area (Å²) in [5.41, 5.74) is 5.24. The molecule has 0 unspecified atom stereocenters. The summed E-state index contributed by atoms with van der Waals surface area (Å²) >= 11 is 0. The van der Waals surface area contributed by atoms with Crippen LogP contribution in [0.5, 0.6) is 0 Å². The average molecular weight is 572 g/mol. The number of anilines is 2. The van der Waals surface area contributed by atoms with Crippen molar-refractivity contribution < 1.29 is 13.6 Å². The Morgan fingerprint density at radius 2 is 1.60 bits per heavy atom. The van der Waals surface area contributed by atoms with E-state index in [1.807, 2.05) is 48.9 Å². The molecule has 1 amide bonds. The number of halogens is 1. The monoisotopic (exact) mass is 571 g/mol. The van der Waals surface area contributed by atoms with Crippen molar-refractivity contribution in [2.24, 2.45) is 4.99 Å². The van der Waals surface area contributed by atoms with Gasteiger partial charge in [0.05, 0.1) is 17.6 Å². The van der Waals surface area contributed by atoms with E-state index in [0.717, 1.165) is 48.2 Å². The number of hydrogen-bond donors (Lipinski definition) is 2. The van der Waals surface area contributed by atoms with E-state index in [0.29, 0.717) is 34.6 Å². The summed E-state index contributed by atoms with van der Waals surface area (Å²) in [7, 11) is 0. The second-order valence-corrected chi connectivity index (χ2v) is 11.1. The first kappa shape index (κ1) is 25.5. The van der Waals surface area contributed by atoms with Crippen molar-refractivity contribution in [2.75, 3.05) is 10.6 Å². The van der Waals surface area contributed by atoms with Gasteiger partial charge in [-0.15, -0.1) is 0 Å². The largest absolute Gasteiger partial charge is 0.422 e. The van der Waals surface area contributed by atoms with Gasteiger partial charge < -0.3 is 15.1 Å². The van der Waals surface area contributed by atoms with Crippen molar-refractivity contribution in [2.45, 2.75) is 43.7 Å². The van der Waals surface area contributed by atoms with Crippen molar-refractivity contribution >= 4 is 23.3 Å². The lowest BCUT2D eigenvalue weighted by Crippen LogP contribution is -2.32. The van der Waals surface area contributed by atoms with Crippen LogP contribution >= 0.6 is 0 Å². The van der Waals surface area contributed by atoms with Crippen LogP contribution in [0.3, 0.4) is 0 Å². The Hall–Kier alpha value is -5.25. The van der Waals surface area contributed by atoms with Crippen LogP contribution in [0.15, 0.2) is 88.8 Å². The van der Waals surface area contributed by atoms with Gasteiger partial charge in [-0.2, -0.15) is 0 Å². The average Bonchev–Trinajstić information content (AvgIpc) is 3.98. The van der Waals surface area contributed by atoms with Gasteiger partial charge in [-0.1, -0.05) is 42.5 Å². The number of para-hydroxylation sites is 1. The SMILES string of the molecule is O=C1Nc2c(F)cccc2C(c2ccccc2)=N[C@@H]1Nc1ncc(-c2ncc(C3CC3)cc2-c2cnc(C3CC3)nc2)o1. The Morgan fingerprint density at radius 3 is 2.37 bits per heavy atom. The van der Waals surface area contributed by atoms with E-state index in [1.54, 1.807) is 18.3 Å². The van der Waals surface area contributed by atoms with Gasteiger partial charge in [-0.3, -0.25) is 9.78 Å². The first-order valence-electron chi connectivity index (χ1n) is 14.4. The van der Waals surface area contributed by atoms with Crippen LogP contribution in [0.25, 0.3) is 22.6 Å². The highest BCUT2D eigenvalue weighted by molar-refractivity contribution is 6.19. The third-order valence-corrected chi connectivity index (χ3v) is 7.95. The van der Waals surface area contributed by atoms with Crippen LogP contribution in [-0.4, -0.2) is 37.7 Å². The molecule has 2 aromatic carbocycles. The van der Waals surface area contributed by atoms with Crippen molar-refractivity contribution in [1.82, 2.24) is 19.9 Å². The lowest BCUT2D eigenvalue weighted by Gasteiger charge is -2.12. The second kappa shape index (κ2) is 10.2. The number of rotatable bonds is 7. The lowest BCUT2D eigenvalue weighted by atomic mass is 10.0. The third-order valence-electron chi connectivity index (χ3n) is 7.95. The number of hydrogen-bond acceptors (Lipinski definition) is 8. The molecule has 9 nitrogen and oxygen atoms in total. The molecule has 5 aromatic rings. The van der Waals surface area contributed by atoms with Crippen LogP contribution in [0, 0.1) is 5.82 Å². The number of carbonyl (C=O) groups excluding carboxylic acids is 1. The van der Waals surface area contributed by atoms with E-state index in [-0.39, 0.29) is 11.7 Å². The number of pyridine rings is 1. The molecule has 8 rings (SSSR count). The molecule has 2 aliphatic carbocycles. The van der Waals surface area contributed by atoms with Gasteiger partial charge in [-0.05, 0) is 49.3 Å². The minimum absolute atomic E-state index is 0.0759. The molecule has 0 radical (unpaired) electrons. The van der Waals surface area contributed by atoms with Gasteiger partial charge in [0.1, 0.15) is 17.3 Å². The number of nitrogens with one attached hydrogen (secondary N) is 2. The fraction of sp³-hybridized carbons (Fsp3) is 0.212. The molecular formula is C33H26FN7O2. The summed E-state index contributed by atoms with van der Waals surface area (Å²) in [5, 5.41) is 5.67. The Bertz CT molecular complexity index is 1880. The molecule has 1 atom stereocenters. The summed E-state index contributed by atoms with van der Waals surface area (Å²) in [5.74, 6) is 1.18. The Morgan fingerprint density at radius 1 is 0.814 bits per heavy atom. The highest BCUT2D eigenvalue weighted by atomic mass is 19.1. The fourth-order valence-electron chi connectivity index (χ4n) is 5.36. The standard InChI is InChI=1S/C33H26FN7O2/c34-25-8-4-7-23-27(19-5-2-1-3-6-19)39-31(32(42)40-28(23)25)41-33-38-17-26(43-33)29-24(13-21(14-35-29)18-9-10-18)22-15-36-30(37-16-22)20-11-12-20/h1-8,13-18,20,31H,9-12H2,(H,38,41)(H,40,42)/t31-/m1/s1. The van der Waals surface area contributed by atoms with E-state index in [2.05, 4.69) is 31.7 Å². The molecule has 3 aliphatic rings. The Kier molecular flexibility index (Phi) is 6.06. The second-order valence-electron chi connectivity index (χ2n) is 11.1. The quantitative estimate of drug-likeness (QED) is 0.235. The van der Waals surface area contributed by atoms with E-state index in [9.17, 15) is 9.18 Å². The number of benzene rings is 2. The topological polar surface area (TPSA) is 118 Å². The van der Waals surface area contributed by atoms with Crippen LogP contribution in [-0.2, 0) is 4.79 Å². The maximum atomic E-state index is 14.8. The number of aliphatic imine (C=N–C) groups is 1. The molecule has 2 N–H and O–H groups in total. The number of aromatic nitrogens is 4. The predicted octanol–water partition coefficient (Wildman–Crippen LogP) is 6.32. The zero-order chi connectivity index (χ0) is 28.9. The number of oxazole rings is 1. The summed E-state index contributed by atoms with van der Waals surface area (Å²) in [6, 6.07) is 16.2. The molecule has 0 saturated heterocycles. The van der Waals surface area contributed by atoms with Crippen LogP contribution in [0.1, 0.15) is 60.0 Å². The number of benzodiazepines with no additional fused rings is 1. The summed E-state index contributed by atoms with van der Waals surface area (Å²) < 4.78 is 21.0. The Labute approximate surface area is 246 Å². The minimum atomic E-state index is -1.14. The van der Waals surface area contributed by atoms with Gasteiger partial charge in [0.15, 0.2) is 5.76 Å². The molecule has 0 spiro atoms. The molecule has 10 heteroatoms. The molecule has 0 bridgehead atoms. The molecule has 4 heterocycles. The van der Waals surface area contributed by atoms with E-state index in [4.69, 9.17) is 14.4 Å². The molecule has 212 valence electrons. The number of fused-ring (bicyclic) bond motifs is 1. The molecular weight excluding hydrogens is 545 g/mol. The molecule has 2 saturated carbocycles. The highest BCUT2D eigenvalue weighted by Crippen LogP contribution is 2.43. The zero-order valence-electron chi connectivity index (χ0n) is 23.0. The van der Waals surface area contributed by atoms with Gasteiger partial charge in [0.25, 0.3) is 11.9 Å². The van der Waals surface area contributed by atoms with E-state index >= 15 is 0 Å². The molecule has 1 aliphatic heterocycles. The van der Waals surface area contributed by atoms with Crippen molar-refractivity contribution in [1.29, 1.82) is 0 Å². The number of nitrogens with zero attached hydrogens (tertiary/aromatic N) is 5. The summed E-state index contributed by atoms with van der Waals surface area (Å²) in [6.45, 7) is 0. The molecule has 2 fully saturated rings. The Balaban J connectivity index is 1.13.